The molecule has 1 aromatic heterocycles. The van der Waals surface area contributed by atoms with Crippen LogP contribution in [-0.2, 0) is 0 Å². The standard InChI is InChI=1S/C14H15N3O/c18-14(16-8-1-2-9-16)12-5-3-6-13(11-12)17-10-4-7-15-17/h3-7,10-11H,1-2,8-9H2. The van der Waals surface area contributed by atoms with Crippen molar-refractivity contribution >= 4 is 5.91 Å². The van der Waals surface area contributed by atoms with Gasteiger partial charge in [-0.3, -0.25) is 4.79 Å². The van der Waals surface area contributed by atoms with E-state index in [1.807, 2.05) is 41.4 Å². The summed E-state index contributed by atoms with van der Waals surface area (Å²) in [4.78, 5) is 14.2. The molecule has 0 saturated carbocycles. The maximum Gasteiger partial charge on any atom is 0.253 e. The van der Waals surface area contributed by atoms with E-state index in [1.165, 1.54) is 0 Å². The van der Waals surface area contributed by atoms with E-state index in [4.69, 9.17) is 0 Å². The van der Waals surface area contributed by atoms with Gasteiger partial charge in [0.1, 0.15) is 0 Å². The van der Waals surface area contributed by atoms with E-state index < -0.39 is 0 Å². The molecular formula is C14H15N3O. The largest absolute Gasteiger partial charge is 0.339 e. The zero-order valence-corrected chi connectivity index (χ0v) is 10.1. The van der Waals surface area contributed by atoms with Crippen molar-refractivity contribution in [3.05, 3.63) is 48.3 Å². The summed E-state index contributed by atoms with van der Waals surface area (Å²) < 4.78 is 1.76. The first-order chi connectivity index (χ1) is 8.84. The van der Waals surface area contributed by atoms with Gasteiger partial charge in [0.05, 0.1) is 5.69 Å². The Morgan fingerprint density at radius 3 is 2.72 bits per heavy atom. The van der Waals surface area contributed by atoms with Crippen molar-refractivity contribution in [2.75, 3.05) is 13.1 Å². The lowest BCUT2D eigenvalue weighted by Gasteiger charge is -2.15. The zero-order valence-electron chi connectivity index (χ0n) is 10.1. The van der Waals surface area contributed by atoms with E-state index >= 15 is 0 Å². The van der Waals surface area contributed by atoms with Gasteiger partial charge in [-0.05, 0) is 37.1 Å². The van der Waals surface area contributed by atoms with E-state index in [0.717, 1.165) is 37.2 Å². The lowest BCUT2D eigenvalue weighted by molar-refractivity contribution is 0.0793. The Morgan fingerprint density at radius 2 is 2.00 bits per heavy atom. The summed E-state index contributed by atoms with van der Waals surface area (Å²) in [6.07, 6.45) is 5.84. The first kappa shape index (κ1) is 11.0. The molecule has 1 amide bonds. The van der Waals surface area contributed by atoms with Crippen molar-refractivity contribution in [2.45, 2.75) is 12.8 Å². The monoisotopic (exact) mass is 241 g/mol. The molecule has 4 nitrogen and oxygen atoms in total. The summed E-state index contributed by atoms with van der Waals surface area (Å²) in [6.45, 7) is 1.76. The maximum atomic E-state index is 12.3. The van der Waals surface area contributed by atoms with Gasteiger partial charge in [-0.25, -0.2) is 4.68 Å². The molecule has 92 valence electrons. The van der Waals surface area contributed by atoms with Crippen molar-refractivity contribution in [3.63, 3.8) is 0 Å². The molecule has 3 rings (SSSR count). The number of carbonyl (C=O) groups excluding carboxylic acids is 1. The number of carbonyl (C=O) groups is 1. The van der Waals surface area contributed by atoms with Gasteiger partial charge in [0, 0.05) is 31.0 Å². The molecule has 1 fully saturated rings. The van der Waals surface area contributed by atoms with E-state index in [9.17, 15) is 4.79 Å². The molecule has 1 saturated heterocycles. The molecule has 4 heteroatoms. The third-order valence-electron chi connectivity index (χ3n) is 3.26. The third-order valence-corrected chi connectivity index (χ3v) is 3.26. The molecule has 0 radical (unpaired) electrons. The van der Waals surface area contributed by atoms with Gasteiger partial charge >= 0.3 is 0 Å². The van der Waals surface area contributed by atoms with Crippen LogP contribution in [0.3, 0.4) is 0 Å². The van der Waals surface area contributed by atoms with Gasteiger partial charge in [-0.15, -0.1) is 0 Å². The Balaban J connectivity index is 1.89. The molecule has 1 aliphatic rings. The molecule has 0 bridgehead atoms. The Kier molecular flexibility index (Phi) is 2.84. The highest BCUT2D eigenvalue weighted by Crippen LogP contribution is 2.15. The van der Waals surface area contributed by atoms with Crippen LogP contribution in [0.25, 0.3) is 5.69 Å². The van der Waals surface area contributed by atoms with Crippen molar-refractivity contribution in [1.29, 1.82) is 0 Å². The summed E-state index contributed by atoms with van der Waals surface area (Å²) in [5.74, 6) is 0.126. The molecule has 1 aliphatic heterocycles. The highest BCUT2D eigenvalue weighted by atomic mass is 16.2. The molecule has 0 aliphatic carbocycles. The second-order valence-corrected chi connectivity index (χ2v) is 4.50. The number of amides is 1. The van der Waals surface area contributed by atoms with E-state index in [-0.39, 0.29) is 5.91 Å². The minimum atomic E-state index is 0.126. The van der Waals surface area contributed by atoms with Crippen molar-refractivity contribution in [1.82, 2.24) is 14.7 Å². The summed E-state index contributed by atoms with van der Waals surface area (Å²) >= 11 is 0. The molecule has 0 N–H and O–H groups in total. The van der Waals surface area contributed by atoms with Gasteiger partial charge in [0.15, 0.2) is 0 Å². The lowest BCUT2D eigenvalue weighted by atomic mass is 10.2. The molecule has 2 aromatic rings. The smallest absolute Gasteiger partial charge is 0.253 e. The Labute approximate surface area is 106 Å². The fourth-order valence-corrected chi connectivity index (χ4v) is 2.31. The van der Waals surface area contributed by atoms with Gasteiger partial charge in [-0.1, -0.05) is 6.07 Å². The van der Waals surface area contributed by atoms with Crippen LogP contribution >= 0.6 is 0 Å². The van der Waals surface area contributed by atoms with E-state index in [1.54, 1.807) is 10.9 Å². The van der Waals surface area contributed by atoms with Crippen LogP contribution in [0.5, 0.6) is 0 Å². The number of benzene rings is 1. The van der Waals surface area contributed by atoms with Crippen LogP contribution in [0.1, 0.15) is 23.2 Å². The van der Waals surface area contributed by atoms with Crippen LogP contribution in [0.2, 0.25) is 0 Å². The molecule has 1 aromatic carbocycles. The fraction of sp³-hybridized carbons (Fsp3) is 0.286. The van der Waals surface area contributed by atoms with Gasteiger partial charge in [0.2, 0.25) is 0 Å². The van der Waals surface area contributed by atoms with Crippen molar-refractivity contribution < 1.29 is 4.79 Å². The lowest BCUT2D eigenvalue weighted by Crippen LogP contribution is -2.27. The SMILES string of the molecule is O=C(c1cccc(-n2cccn2)c1)N1CCCC1. The zero-order chi connectivity index (χ0) is 12.4. The number of rotatable bonds is 2. The predicted octanol–water partition coefficient (Wildman–Crippen LogP) is 2.11. The van der Waals surface area contributed by atoms with E-state index in [0.29, 0.717) is 0 Å². The van der Waals surface area contributed by atoms with Crippen LogP contribution in [-0.4, -0.2) is 33.7 Å². The van der Waals surface area contributed by atoms with Crippen LogP contribution in [0, 0.1) is 0 Å². The summed E-state index contributed by atoms with van der Waals surface area (Å²) in [7, 11) is 0. The first-order valence-corrected chi connectivity index (χ1v) is 6.24. The summed E-state index contributed by atoms with van der Waals surface area (Å²) in [6, 6.07) is 9.49. The van der Waals surface area contributed by atoms with Gasteiger partial charge in [0.25, 0.3) is 5.91 Å². The number of nitrogens with zero attached hydrogens (tertiary/aromatic N) is 3. The Morgan fingerprint density at radius 1 is 1.17 bits per heavy atom. The van der Waals surface area contributed by atoms with Gasteiger partial charge in [-0.2, -0.15) is 5.10 Å². The van der Waals surface area contributed by atoms with Crippen LogP contribution in [0.15, 0.2) is 42.7 Å². The molecular weight excluding hydrogens is 226 g/mol. The summed E-state index contributed by atoms with van der Waals surface area (Å²) in [5, 5.41) is 4.18. The molecule has 18 heavy (non-hydrogen) atoms. The van der Waals surface area contributed by atoms with Crippen LogP contribution < -0.4 is 0 Å². The Bertz CT molecular complexity index is 542. The van der Waals surface area contributed by atoms with Crippen molar-refractivity contribution in [2.24, 2.45) is 0 Å². The average Bonchev–Trinajstić information content (AvgIpc) is 3.11. The molecule has 0 atom stereocenters. The number of likely N-dealkylation sites (tertiary alicyclic amines) is 1. The number of hydrogen-bond acceptors (Lipinski definition) is 2. The quantitative estimate of drug-likeness (QED) is 0.807. The second-order valence-electron chi connectivity index (χ2n) is 4.50. The highest BCUT2D eigenvalue weighted by Gasteiger charge is 2.19. The summed E-state index contributed by atoms with van der Waals surface area (Å²) in [5.41, 5.74) is 1.66. The molecule has 0 spiro atoms. The number of aromatic nitrogens is 2. The van der Waals surface area contributed by atoms with Crippen molar-refractivity contribution in [3.8, 4) is 5.69 Å². The Hall–Kier alpha value is -2.10. The van der Waals surface area contributed by atoms with Gasteiger partial charge < -0.3 is 4.90 Å². The highest BCUT2D eigenvalue weighted by molar-refractivity contribution is 5.94. The van der Waals surface area contributed by atoms with E-state index in [2.05, 4.69) is 5.10 Å². The topological polar surface area (TPSA) is 38.1 Å². The average molecular weight is 241 g/mol. The molecule has 0 unspecified atom stereocenters. The second kappa shape index (κ2) is 4.64. The third kappa shape index (κ3) is 2.01. The minimum Gasteiger partial charge on any atom is -0.339 e. The maximum absolute atomic E-state index is 12.3. The fourth-order valence-electron chi connectivity index (χ4n) is 2.31. The van der Waals surface area contributed by atoms with Crippen LogP contribution in [0.4, 0.5) is 0 Å². The normalized spacial score (nSPS) is 15.0. The number of hydrogen-bond donors (Lipinski definition) is 0. The minimum absolute atomic E-state index is 0.126. The first-order valence-electron chi connectivity index (χ1n) is 6.24. The predicted molar refractivity (Wildman–Crippen MR) is 68.7 cm³/mol. The molecule has 2 heterocycles.